The van der Waals surface area contributed by atoms with Crippen LogP contribution in [0.4, 0.5) is 4.79 Å². The van der Waals surface area contributed by atoms with Crippen LogP contribution in [0.5, 0.6) is 5.75 Å². The highest BCUT2D eigenvalue weighted by Gasteiger charge is 2.50. The quantitative estimate of drug-likeness (QED) is 0.477. The minimum Gasteiger partial charge on any atom is -0.497 e. The maximum absolute atomic E-state index is 13.9. The lowest BCUT2D eigenvalue weighted by Gasteiger charge is -2.54. The van der Waals surface area contributed by atoms with Crippen molar-refractivity contribution in [2.75, 3.05) is 27.2 Å². The van der Waals surface area contributed by atoms with Crippen molar-refractivity contribution in [3.8, 4) is 5.75 Å². The van der Waals surface area contributed by atoms with Gasteiger partial charge in [0.2, 0.25) is 11.8 Å². The minimum absolute atomic E-state index is 0.0150. The third-order valence-corrected chi connectivity index (χ3v) is 7.56. The normalized spacial score (nSPS) is 19.4. The second kappa shape index (κ2) is 12.0. The predicted octanol–water partition coefficient (Wildman–Crippen LogP) is 3.53. The highest BCUT2D eigenvalue weighted by Crippen LogP contribution is 2.29. The summed E-state index contributed by atoms with van der Waals surface area (Å²) in [5.74, 6) is 0.347. The van der Waals surface area contributed by atoms with Crippen LogP contribution in [-0.4, -0.2) is 77.1 Å². The summed E-state index contributed by atoms with van der Waals surface area (Å²) in [6, 6.07) is 23.3. The van der Waals surface area contributed by atoms with Gasteiger partial charge in [-0.25, -0.2) is 14.8 Å². The molecule has 0 saturated carbocycles. The number of hydrazine groups is 1. The number of halogens is 1. The standard InChI is InChI=1S/C30H32ClN5O4/c1-33-20-28(37)35-26(16-21-10-14-25(40-2)15-11-21)29(38)34(18-23-8-12-24(31)13-9-23)19-27(35)36(33)30(39)32-17-22-6-4-3-5-7-22/h3-15,26-27H,16-20H2,1-2H3,(H,32,39)/t26-,27?/m0/s1. The summed E-state index contributed by atoms with van der Waals surface area (Å²) >= 11 is 6.08. The Balaban J connectivity index is 1.45. The second-order valence-electron chi connectivity index (χ2n) is 10.00. The van der Waals surface area contributed by atoms with Crippen molar-refractivity contribution in [2.24, 2.45) is 0 Å². The highest BCUT2D eigenvalue weighted by atomic mass is 35.5. The Bertz CT molecular complexity index is 1350. The summed E-state index contributed by atoms with van der Waals surface area (Å²) < 4.78 is 5.28. The smallest absolute Gasteiger partial charge is 0.334 e. The summed E-state index contributed by atoms with van der Waals surface area (Å²) in [5.41, 5.74) is 2.76. The van der Waals surface area contributed by atoms with Crippen LogP contribution >= 0.6 is 11.6 Å². The molecule has 3 aromatic rings. The molecule has 5 rings (SSSR count). The number of carbonyl (C=O) groups is 3. The molecule has 0 spiro atoms. The molecular weight excluding hydrogens is 530 g/mol. The number of hydrogen-bond donors (Lipinski definition) is 1. The fraction of sp³-hybridized carbons (Fsp3) is 0.300. The summed E-state index contributed by atoms with van der Waals surface area (Å²) in [7, 11) is 3.31. The molecule has 2 saturated heterocycles. The van der Waals surface area contributed by atoms with Crippen LogP contribution in [0.2, 0.25) is 5.02 Å². The maximum atomic E-state index is 13.9. The lowest BCUT2D eigenvalue weighted by Crippen LogP contribution is -2.76. The van der Waals surface area contributed by atoms with E-state index in [9.17, 15) is 14.4 Å². The molecule has 0 radical (unpaired) electrons. The molecule has 1 unspecified atom stereocenters. The number of urea groups is 1. The zero-order chi connectivity index (χ0) is 28.2. The van der Waals surface area contributed by atoms with Gasteiger partial charge >= 0.3 is 6.03 Å². The number of ether oxygens (including phenoxy) is 1. The van der Waals surface area contributed by atoms with E-state index in [1.54, 1.807) is 46.1 Å². The molecule has 2 aliphatic rings. The minimum atomic E-state index is -0.773. The number of hydrogen-bond acceptors (Lipinski definition) is 5. The van der Waals surface area contributed by atoms with E-state index < -0.39 is 12.2 Å². The van der Waals surface area contributed by atoms with Crippen LogP contribution in [0, 0.1) is 0 Å². The van der Waals surface area contributed by atoms with Crippen LogP contribution in [0.1, 0.15) is 16.7 Å². The van der Waals surface area contributed by atoms with Crippen LogP contribution in [0.3, 0.4) is 0 Å². The maximum Gasteiger partial charge on any atom is 0.334 e. The van der Waals surface area contributed by atoms with Gasteiger partial charge < -0.3 is 19.9 Å². The number of methoxy groups -OCH3 is 1. The third-order valence-electron chi connectivity index (χ3n) is 7.31. The lowest BCUT2D eigenvalue weighted by atomic mass is 9.98. The van der Waals surface area contributed by atoms with E-state index in [0.717, 1.165) is 16.7 Å². The zero-order valence-corrected chi connectivity index (χ0v) is 23.3. The number of likely N-dealkylation sites (N-methyl/N-ethyl adjacent to an activating group) is 1. The second-order valence-corrected chi connectivity index (χ2v) is 10.4. The summed E-state index contributed by atoms with van der Waals surface area (Å²) in [5, 5.41) is 6.78. The average Bonchev–Trinajstić information content (AvgIpc) is 2.96. The van der Waals surface area contributed by atoms with Gasteiger partial charge in [0.25, 0.3) is 0 Å². The van der Waals surface area contributed by atoms with Gasteiger partial charge in [0.1, 0.15) is 18.0 Å². The van der Waals surface area contributed by atoms with Crippen molar-refractivity contribution < 1.29 is 19.1 Å². The highest BCUT2D eigenvalue weighted by molar-refractivity contribution is 6.30. The third kappa shape index (κ3) is 5.90. The van der Waals surface area contributed by atoms with Crippen LogP contribution in [0.15, 0.2) is 78.9 Å². The van der Waals surface area contributed by atoms with E-state index in [4.69, 9.17) is 16.3 Å². The number of benzene rings is 3. The Kier molecular flexibility index (Phi) is 8.23. The number of carbonyl (C=O) groups excluding carboxylic acids is 3. The average molecular weight is 562 g/mol. The first kappa shape index (κ1) is 27.5. The van der Waals surface area contributed by atoms with Gasteiger partial charge in [-0.05, 0) is 41.0 Å². The van der Waals surface area contributed by atoms with Crippen LogP contribution in [0.25, 0.3) is 0 Å². The molecule has 9 nitrogen and oxygen atoms in total. The van der Waals surface area contributed by atoms with Crippen molar-refractivity contribution in [1.82, 2.24) is 25.1 Å². The van der Waals surface area contributed by atoms with Crippen LogP contribution < -0.4 is 10.1 Å². The van der Waals surface area contributed by atoms with Gasteiger partial charge in [-0.2, -0.15) is 0 Å². The number of piperazine rings is 1. The molecule has 10 heteroatoms. The molecule has 0 aromatic heterocycles. The molecule has 1 N–H and O–H groups in total. The molecule has 0 bridgehead atoms. The zero-order valence-electron chi connectivity index (χ0n) is 22.5. The fourth-order valence-electron chi connectivity index (χ4n) is 5.30. The van der Waals surface area contributed by atoms with Gasteiger partial charge in [0, 0.05) is 31.6 Å². The van der Waals surface area contributed by atoms with E-state index in [1.807, 2.05) is 66.7 Å². The van der Waals surface area contributed by atoms with E-state index in [0.29, 0.717) is 30.3 Å². The van der Waals surface area contributed by atoms with E-state index in [-0.39, 0.29) is 30.9 Å². The van der Waals surface area contributed by atoms with Gasteiger partial charge in [-0.3, -0.25) is 9.59 Å². The number of nitrogens with one attached hydrogen (secondary N) is 1. The number of amides is 4. The van der Waals surface area contributed by atoms with Crippen LogP contribution in [-0.2, 0) is 29.1 Å². The van der Waals surface area contributed by atoms with Crippen molar-refractivity contribution in [2.45, 2.75) is 31.7 Å². The number of fused-ring (bicyclic) bond motifs is 1. The fourth-order valence-corrected chi connectivity index (χ4v) is 5.42. The molecule has 2 aliphatic heterocycles. The first-order chi connectivity index (χ1) is 19.3. The number of rotatable bonds is 7. The van der Waals surface area contributed by atoms with E-state index >= 15 is 0 Å². The molecule has 2 atom stereocenters. The predicted molar refractivity (Wildman–Crippen MR) is 151 cm³/mol. The molecule has 208 valence electrons. The van der Waals surface area contributed by atoms with E-state index in [2.05, 4.69) is 5.32 Å². The first-order valence-electron chi connectivity index (χ1n) is 13.1. The summed E-state index contributed by atoms with van der Waals surface area (Å²) in [6.07, 6.45) is -0.360. The largest absolute Gasteiger partial charge is 0.497 e. The van der Waals surface area contributed by atoms with Crippen molar-refractivity contribution in [1.29, 1.82) is 0 Å². The van der Waals surface area contributed by atoms with Gasteiger partial charge in [0.15, 0.2) is 0 Å². The SMILES string of the molecule is COc1ccc(C[C@H]2C(=O)N(Cc3ccc(Cl)cc3)CC3N2C(=O)CN(C)N3C(=O)NCc2ccccc2)cc1. The summed E-state index contributed by atoms with van der Waals surface area (Å²) in [6.45, 7) is 0.832. The van der Waals surface area contributed by atoms with Gasteiger partial charge in [0.05, 0.1) is 20.2 Å². The van der Waals surface area contributed by atoms with Crippen molar-refractivity contribution in [3.63, 3.8) is 0 Å². The Labute approximate surface area is 238 Å². The number of nitrogens with zero attached hydrogens (tertiary/aromatic N) is 4. The Hall–Kier alpha value is -4.08. The van der Waals surface area contributed by atoms with Crippen molar-refractivity contribution >= 4 is 29.4 Å². The molecule has 4 amide bonds. The molecule has 3 aromatic carbocycles. The Morgan fingerprint density at radius 1 is 0.950 bits per heavy atom. The first-order valence-corrected chi connectivity index (χ1v) is 13.5. The Morgan fingerprint density at radius 3 is 2.30 bits per heavy atom. The Morgan fingerprint density at radius 2 is 1.62 bits per heavy atom. The molecule has 0 aliphatic carbocycles. The molecular formula is C30H32ClN5O4. The van der Waals surface area contributed by atoms with Crippen molar-refractivity contribution in [3.05, 3.63) is 101 Å². The molecule has 40 heavy (non-hydrogen) atoms. The van der Waals surface area contributed by atoms with Gasteiger partial charge in [-0.1, -0.05) is 66.2 Å². The van der Waals surface area contributed by atoms with Gasteiger partial charge in [-0.15, -0.1) is 0 Å². The summed E-state index contributed by atoms with van der Waals surface area (Å²) in [4.78, 5) is 44.3. The van der Waals surface area contributed by atoms with E-state index in [1.165, 1.54) is 0 Å². The molecule has 2 heterocycles. The topological polar surface area (TPSA) is 85.4 Å². The molecule has 2 fully saturated rings. The lowest BCUT2D eigenvalue weighted by molar-refractivity contribution is -0.187. The monoisotopic (exact) mass is 561 g/mol.